The van der Waals surface area contributed by atoms with Gasteiger partial charge in [-0.3, -0.25) is 10.7 Å². The Morgan fingerprint density at radius 3 is 2.37 bits per heavy atom. The molecule has 0 radical (unpaired) electrons. The number of nitriles is 1. The van der Waals surface area contributed by atoms with Crippen LogP contribution in [-0.2, 0) is 11.3 Å². The number of nitrogens with zero attached hydrogens (tertiary/aromatic N) is 1. The second-order valence-electron chi connectivity index (χ2n) is 6.98. The molecule has 146 valence electrons. The molecule has 0 unspecified atom stereocenters. The Morgan fingerprint density at radius 1 is 1.22 bits per heavy atom. The number of hydrogen-bond donors (Lipinski definition) is 3. The summed E-state index contributed by atoms with van der Waals surface area (Å²) in [6.45, 7) is -0.281. The van der Waals surface area contributed by atoms with Crippen LogP contribution in [0.5, 0.6) is 0 Å². The Kier molecular flexibility index (Phi) is 8.05. The van der Waals surface area contributed by atoms with Crippen LogP contribution in [-0.4, -0.2) is 12.1 Å². The van der Waals surface area contributed by atoms with Crippen molar-refractivity contribution in [3.8, 4) is 6.07 Å². The van der Waals surface area contributed by atoms with Crippen molar-refractivity contribution < 1.29 is 13.9 Å². The van der Waals surface area contributed by atoms with Crippen LogP contribution in [0.2, 0.25) is 0 Å². The van der Waals surface area contributed by atoms with Crippen molar-refractivity contribution in [2.75, 3.05) is 0 Å². The summed E-state index contributed by atoms with van der Waals surface area (Å²) in [6.07, 6.45) is 8.81. The molecule has 0 aromatic heterocycles. The maximum atomic E-state index is 15.2. The summed E-state index contributed by atoms with van der Waals surface area (Å²) in [5, 5.41) is 18.4. The number of ether oxygens (including phenoxy) is 1. The fraction of sp³-hybridized carbons (Fsp3) is 0.550. The summed E-state index contributed by atoms with van der Waals surface area (Å²) in [6, 6.07) is 5.18. The van der Waals surface area contributed by atoms with E-state index in [2.05, 4.69) is 6.07 Å². The first-order valence-electron chi connectivity index (χ1n) is 9.52. The van der Waals surface area contributed by atoms with Gasteiger partial charge >= 0.3 is 6.09 Å². The predicted molar refractivity (Wildman–Crippen MR) is 101 cm³/mol. The van der Waals surface area contributed by atoms with Gasteiger partial charge < -0.3 is 10.5 Å². The lowest BCUT2D eigenvalue weighted by Crippen LogP contribution is -2.36. The van der Waals surface area contributed by atoms with E-state index in [1.54, 1.807) is 6.07 Å². The number of alkyl carbamates (subject to hydrolysis) is 1. The summed E-state index contributed by atoms with van der Waals surface area (Å²) < 4.78 is 20.1. The average Bonchev–Trinajstić information content (AvgIpc) is 2.64. The zero-order chi connectivity index (χ0) is 19.6. The zero-order valence-electron chi connectivity index (χ0n) is 15.5. The molecule has 1 aliphatic carbocycles. The molecule has 0 bridgehead atoms. The van der Waals surface area contributed by atoms with Crippen molar-refractivity contribution in [1.29, 1.82) is 10.7 Å². The van der Waals surface area contributed by atoms with Gasteiger partial charge in [-0.25, -0.2) is 9.18 Å². The van der Waals surface area contributed by atoms with E-state index in [1.807, 2.05) is 5.32 Å². The molecule has 1 aromatic rings. The lowest BCUT2D eigenvalue weighted by Gasteiger charge is -2.22. The van der Waals surface area contributed by atoms with E-state index >= 15 is 4.39 Å². The molecule has 1 amide bonds. The third kappa shape index (κ3) is 6.24. The highest BCUT2D eigenvalue weighted by Crippen LogP contribution is 2.35. The normalized spacial score (nSPS) is 16.1. The minimum absolute atomic E-state index is 0.00347. The molecule has 1 aliphatic rings. The third-order valence-electron chi connectivity index (χ3n) is 4.99. The molecule has 4 N–H and O–H groups in total. The van der Waals surface area contributed by atoms with Gasteiger partial charge in [0, 0.05) is 11.1 Å². The van der Waals surface area contributed by atoms with Crippen LogP contribution in [0.25, 0.3) is 0 Å². The number of benzene rings is 1. The first kappa shape index (κ1) is 20.7. The first-order chi connectivity index (χ1) is 13.0. The maximum Gasteiger partial charge on any atom is 0.414 e. The largest absolute Gasteiger partial charge is 0.444 e. The second kappa shape index (κ2) is 10.5. The van der Waals surface area contributed by atoms with Crippen LogP contribution in [0, 0.1) is 22.6 Å². The van der Waals surface area contributed by atoms with Crippen molar-refractivity contribution in [1.82, 2.24) is 5.32 Å². The van der Waals surface area contributed by atoms with Crippen molar-refractivity contribution in [3.05, 3.63) is 34.6 Å². The molecule has 27 heavy (non-hydrogen) atoms. The van der Waals surface area contributed by atoms with Gasteiger partial charge in [-0.05, 0) is 24.8 Å². The number of nitrogens with one attached hydrogen (secondary N) is 2. The number of carbonyl (C=O) groups excluding carboxylic acids is 1. The Hall–Kier alpha value is -2.62. The summed E-state index contributed by atoms with van der Waals surface area (Å²) in [5.41, 5.74) is 6.09. The Bertz CT molecular complexity index is 705. The van der Waals surface area contributed by atoms with Gasteiger partial charge in [-0.2, -0.15) is 5.26 Å². The minimum atomic E-state index is -0.911. The number of hydrogen-bond acceptors (Lipinski definition) is 4. The lowest BCUT2D eigenvalue weighted by molar-refractivity contribution is 0.143. The zero-order valence-corrected chi connectivity index (χ0v) is 15.5. The molecule has 7 heteroatoms. The van der Waals surface area contributed by atoms with Crippen LogP contribution < -0.4 is 11.1 Å². The van der Waals surface area contributed by atoms with E-state index in [1.165, 1.54) is 25.3 Å². The Morgan fingerprint density at radius 2 is 1.81 bits per heavy atom. The van der Waals surface area contributed by atoms with E-state index in [9.17, 15) is 10.1 Å². The predicted octanol–water partition coefficient (Wildman–Crippen LogP) is 4.43. The van der Waals surface area contributed by atoms with Gasteiger partial charge in [0.15, 0.2) is 5.96 Å². The smallest absolute Gasteiger partial charge is 0.414 e. The monoisotopic (exact) mass is 374 g/mol. The van der Waals surface area contributed by atoms with E-state index in [4.69, 9.17) is 15.9 Å². The van der Waals surface area contributed by atoms with Crippen molar-refractivity contribution in [3.63, 3.8) is 0 Å². The molecule has 0 saturated heterocycles. The Labute approximate surface area is 159 Å². The molecular formula is C20H27FN4O2. The SMILES string of the molecule is N#Cc1ccc(COC(=O)NC(=N)N)c(F)c1C1CCCCCCCCC1. The highest BCUT2D eigenvalue weighted by molar-refractivity contribution is 5.90. The number of rotatable bonds is 3. The molecule has 1 saturated carbocycles. The van der Waals surface area contributed by atoms with E-state index < -0.39 is 17.9 Å². The molecule has 0 aliphatic heterocycles. The number of carbonyl (C=O) groups is 1. The van der Waals surface area contributed by atoms with E-state index in [-0.39, 0.29) is 18.1 Å². The lowest BCUT2D eigenvalue weighted by atomic mass is 9.83. The van der Waals surface area contributed by atoms with Gasteiger partial charge in [-0.15, -0.1) is 0 Å². The number of guanidine groups is 1. The summed E-state index contributed by atoms with van der Waals surface area (Å²) in [7, 11) is 0. The van der Waals surface area contributed by atoms with Gasteiger partial charge in [0.25, 0.3) is 0 Å². The highest BCUT2D eigenvalue weighted by Gasteiger charge is 2.23. The molecule has 0 spiro atoms. The number of nitrogens with two attached hydrogens (primary N) is 1. The second-order valence-corrected chi connectivity index (χ2v) is 6.98. The minimum Gasteiger partial charge on any atom is -0.444 e. The van der Waals surface area contributed by atoms with E-state index in [0.717, 1.165) is 38.5 Å². The Balaban J connectivity index is 2.21. The van der Waals surface area contributed by atoms with Crippen LogP contribution in [0.15, 0.2) is 12.1 Å². The first-order valence-corrected chi connectivity index (χ1v) is 9.52. The van der Waals surface area contributed by atoms with Crippen molar-refractivity contribution in [2.45, 2.75) is 70.3 Å². The standard InChI is InChI=1S/C20H27FN4O2/c21-18-16(13-27-20(26)25-19(23)24)11-10-15(12-22)17(18)14-8-6-4-2-1-3-5-7-9-14/h10-11,14H,1-9,13H2,(H4,23,24,25,26). The van der Waals surface area contributed by atoms with Crippen molar-refractivity contribution >= 4 is 12.1 Å². The van der Waals surface area contributed by atoms with Gasteiger partial charge in [0.05, 0.1) is 11.6 Å². The third-order valence-corrected chi connectivity index (χ3v) is 4.99. The molecule has 1 fully saturated rings. The fourth-order valence-corrected chi connectivity index (χ4v) is 3.63. The van der Waals surface area contributed by atoms with E-state index in [0.29, 0.717) is 11.1 Å². The summed E-state index contributed by atoms with van der Waals surface area (Å²) in [4.78, 5) is 11.5. The molecule has 0 atom stereocenters. The van der Waals surface area contributed by atoms with Gasteiger partial charge in [0.1, 0.15) is 12.4 Å². The summed E-state index contributed by atoms with van der Waals surface area (Å²) in [5.74, 6) is -1.00. The average molecular weight is 374 g/mol. The van der Waals surface area contributed by atoms with Gasteiger partial charge in [-0.1, -0.05) is 51.0 Å². The number of halogens is 1. The highest BCUT2D eigenvalue weighted by atomic mass is 19.1. The van der Waals surface area contributed by atoms with Crippen LogP contribution >= 0.6 is 0 Å². The quantitative estimate of drug-likeness (QED) is 0.537. The maximum absolute atomic E-state index is 15.2. The number of amides is 1. The molecule has 6 nitrogen and oxygen atoms in total. The summed E-state index contributed by atoms with van der Waals surface area (Å²) >= 11 is 0. The van der Waals surface area contributed by atoms with Crippen LogP contribution in [0.3, 0.4) is 0 Å². The molecule has 0 heterocycles. The van der Waals surface area contributed by atoms with Gasteiger partial charge in [0.2, 0.25) is 0 Å². The molecular weight excluding hydrogens is 347 g/mol. The fourth-order valence-electron chi connectivity index (χ4n) is 3.63. The molecule has 2 rings (SSSR count). The van der Waals surface area contributed by atoms with Crippen molar-refractivity contribution in [2.24, 2.45) is 5.73 Å². The van der Waals surface area contributed by atoms with Crippen LogP contribution in [0.4, 0.5) is 9.18 Å². The van der Waals surface area contributed by atoms with Crippen LogP contribution in [0.1, 0.15) is 80.4 Å². The molecule has 1 aromatic carbocycles. The topological polar surface area (TPSA) is 112 Å².